The standard InChI is InChI=1S/C13H16N2O4/c1-3-19-12(16)6-4-5-10-7-9(2)13(14)11(8-10)15(17)18/h4-5,7-8H,3,6,14H2,1-2H3. The molecule has 0 heterocycles. The summed E-state index contributed by atoms with van der Waals surface area (Å²) in [6.45, 7) is 3.76. The molecule has 19 heavy (non-hydrogen) atoms. The van der Waals surface area contributed by atoms with E-state index >= 15 is 0 Å². The number of hydrogen-bond donors (Lipinski definition) is 1. The molecule has 2 N–H and O–H groups in total. The van der Waals surface area contributed by atoms with Gasteiger partial charge in [-0.15, -0.1) is 0 Å². The summed E-state index contributed by atoms with van der Waals surface area (Å²) in [5, 5.41) is 10.8. The third-order valence-corrected chi connectivity index (χ3v) is 2.48. The number of esters is 1. The summed E-state index contributed by atoms with van der Waals surface area (Å²) in [4.78, 5) is 21.4. The van der Waals surface area contributed by atoms with Gasteiger partial charge in [0.25, 0.3) is 5.69 Å². The largest absolute Gasteiger partial charge is 0.466 e. The molecule has 1 rings (SSSR count). The van der Waals surface area contributed by atoms with Crippen LogP contribution in [0.2, 0.25) is 0 Å². The minimum atomic E-state index is -0.523. The van der Waals surface area contributed by atoms with Crippen molar-refractivity contribution in [2.75, 3.05) is 12.3 Å². The molecule has 0 fully saturated rings. The summed E-state index contributed by atoms with van der Waals surface area (Å²) < 4.78 is 4.77. The number of rotatable bonds is 5. The van der Waals surface area contributed by atoms with Crippen LogP contribution >= 0.6 is 0 Å². The second-order valence-corrected chi connectivity index (χ2v) is 3.94. The van der Waals surface area contributed by atoms with E-state index in [4.69, 9.17) is 10.5 Å². The Morgan fingerprint density at radius 2 is 2.21 bits per heavy atom. The maximum atomic E-state index is 11.1. The highest BCUT2D eigenvalue weighted by Crippen LogP contribution is 2.27. The van der Waals surface area contributed by atoms with Crippen molar-refractivity contribution in [2.45, 2.75) is 20.3 Å². The first-order chi connectivity index (χ1) is 8.95. The van der Waals surface area contributed by atoms with Crippen molar-refractivity contribution in [1.29, 1.82) is 0 Å². The predicted octanol–water partition coefficient (Wildman–Crippen LogP) is 2.45. The van der Waals surface area contributed by atoms with Crippen molar-refractivity contribution >= 4 is 23.4 Å². The second-order valence-electron chi connectivity index (χ2n) is 3.94. The SMILES string of the molecule is CCOC(=O)CC=Cc1cc(C)c(N)c([N+](=O)[O-])c1. The maximum absolute atomic E-state index is 11.1. The molecule has 0 saturated carbocycles. The topological polar surface area (TPSA) is 95.5 Å². The van der Waals surface area contributed by atoms with Gasteiger partial charge in [-0.2, -0.15) is 0 Å². The number of nitrogens with two attached hydrogens (primary N) is 1. The van der Waals surface area contributed by atoms with Crippen LogP contribution in [0.15, 0.2) is 18.2 Å². The molecule has 0 aliphatic heterocycles. The van der Waals surface area contributed by atoms with E-state index in [0.29, 0.717) is 17.7 Å². The molecule has 6 nitrogen and oxygen atoms in total. The molecule has 0 aliphatic carbocycles. The fraction of sp³-hybridized carbons (Fsp3) is 0.308. The minimum Gasteiger partial charge on any atom is -0.466 e. The van der Waals surface area contributed by atoms with E-state index in [9.17, 15) is 14.9 Å². The van der Waals surface area contributed by atoms with Gasteiger partial charge in [-0.3, -0.25) is 14.9 Å². The highest BCUT2D eigenvalue weighted by molar-refractivity contribution is 5.74. The first kappa shape index (κ1) is 14.7. The van der Waals surface area contributed by atoms with Gasteiger partial charge in [0, 0.05) is 6.07 Å². The Balaban J connectivity index is 2.88. The maximum Gasteiger partial charge on any atom is 0.309 e. The Morgan fingerprint density at radius 3 is 2.79 bits per heavy atom. The third kappa shape index (κ3) is 4.09. The predicted molar refractivity (Wildman–Crippen MR) is 72.5 cm³/mol. The zero-order chi connectivity index (χ0) is 14.4. The van der Waals surface area contributed by atoms with E-state index in [-0.39, 0.29) is 23.8 Å². The lowest BCUT2D eigenvalue weighted by atomic mass is 10.1. The summed E-state index contributed by atoms with van der Waals surface area (Å²) in [6.07, 6.45) is 3.37. The molecule has 0 atom stereocenters. The molecule has 0 unspecified atom stereocenters. The van der Waals surface area contributed by atoms with Crippen LogP contribution in [0.3, 0.4) is 0 Å². The molecule has 0 bridgehead atoms. The molecule has 0 spiro atoms. The highest BCUT2D eigenvalue weighted by atomic mass is 16.6. The lowest BCUT2D eigenvalue weighted by Gasteiger charge is -2.03. The molecule has 1 aromatic rings. The Hall–Kier alpha value is -2.37. The van der Waals surface area contributed by atoms with E-state index in [1.807, 2.05) is 0 Å². The van der Waals surface area contributed by atoms with Crippen LogP contribution in [-0.4, -0.2) is 17.5 Å². The quantitative estimate of drug-likeness (QED) is 0.381. The second kappa shape index (κ2) is 6.53. The van der Waals surface area contributed by atoms with E-state index in [0.717, 1.165) is 0 Å². The monoisotopic (exact) mass is 264 g/mol. The van der Waals surface area contributed by atoms with Gasteiger partial charge in [0.1, 0.15) is 5.69 Å². The number of carbonyl (C=O) groups is 1. The van der Waals surface area contributed by atoms with Gasteiger partial charge >= 0.3 is 5.97 Å². The smallest absolute Gasteiger partial charge is 0.309 e. The number of nitrogen functional groups attached to an aromatic ring is 1. The zero-order valence-electron chi connectivity index (χ0n) is 10.9. The van der Waals surface area contributed by atoms with Gasteiger partial charge in [0.15, 0.2) is 0 Å². The van der Waals surface area contributed by atoms with Crippen LogP contribution in [0.25, 0.3) is 6.08 Å². The number of nitrogens with zero attached hydrogens (tertiary/aromatic N) is 1. The summed E-state index contributed by atoms with van der Waals surface area (Å²) in [5.41, 5.74) is 6.92. The van der Waals surface area contributed by atoms with E-state index < -0.39 is 4.92 Å². The lowest BCUT2D eigenvalue weighted by Crippen LogP contribution is -2.01. The van der Waals surface area contributed by atoms with Gasteiger partial charge in [-0.25, -0.2) is 0 Å². The van der Waals surface area contributed by atoms with Gasteiger partial charge in [-0.1, -0.05) is 12.2 Å². The van der Waals surface area contributed by atoms with Crippen LogP contribution in [0.5, 0.6) is 0 Å². The molecular formula is C13H16N2O4. The van der Waals surface area contributed by atoms with E-state index in [1.165, 1.54) is 6.07 Å². The lowest BCUT2D eigenvalue weighted by molar-refractivity contribution is -0.383. The zero-order valence-corrected chi connectivity index (χ0v) is 10.9. The molecule has 0 radical (unpaired) electrons. The van der Waals surface area contributed by atoms with Crippen LogP contribution in [-0.2, 0) is 9.53 Å². The van der Waals surface area contributed by atoms with Gasteiger partial charge in [-0.05, 0) is 31.0 Å². The van der Waals surface area contributed by atoms with E-state index in [2.05, 4.69) is 0 Å². The summed E-state index contributed by atoms with van der Waals surface area (Å²) in [6, 6.07) is 3.11. The molecule has 1 aromatic carbocycles. The number of nitro groups is 1. The Morgan fingerprint density at radius 1 is 1.53 bits per heavy atom. The van der Waals surface area contributed by atoms with Crippen molar-refractivity contribution in [1.82, 2.24) is 0 Å². The average Bonchev–Trinajstić information content (AvgIpc) is 2.33. The number of ether oxygens (including phenoxy) is 1. The molecule has 0 saturated heterocycles. The Bertz CT molecular complexity index is 524. The highest BCUT2D eigenvalue weighted by Gasteiger charge is 2.14. The molecule has 0 aromatic heterocycles. The first-order valence-corrected chi connectivity index (χ1v) is 5.82. The van der Waals surface area contributed by atoms with Crippen LogP contribution < -0.4 is 5.73 Å². The number of aryl methyl sites for hydroxylation is 1. The number of anilines is 1. The third-order valence-electron chi connectivity index (χ3n) is 2.48. The molecule has 102 valence electrons. The van der Waals surface area contributed by atoms with Crippen molar-refractivity contribution in [3.05, 3.63) is 39.4 Å². The Kier molecular flexibility index (Phi) is 5.05. The van der Waals surface area contributed by atoms with Crippen molar-refractivity contribution in [3.63, 3.8) is 0 Å². The Labute approximate surface area is 111 Å². The number of nitro benzene ring substituents is 1. The van der Waals surface area contributed by atoms with Crippen molar-refractivity contribution < 1.29 is 14.5 Å². The van der Waals surface area contributed by atoms with Gasteiger partial charge < -0.3 is 10.5 Å². The average molecular weight is 264 g/mol. The first-order valence-electron chi connectivity index (χ1n) is 5.82. The molecule has 0 amide bonds. The van der Waals surface area contributed by atoms with Gasteiger partial charge in [0.05, 0.1) is 18.0 Å². The molecule has 0 aliphatic rings. The van der Waals surface area contributed by atoms with Gasteiger partial charge in [0.2, 0.25) is 0 Å². The van der Waals surface area contributed by atoms with Crippen molar-refractivity contribution in [2.24, 2.45) is 0 Å². The van der Waals surface area contributed by atoms with Crippen molar-refractivity contribution in [3.8, 4) is 0 Å². The minimum absolute atomic E-state index is 0.129. The van der Waals surface area contributed by atoms with Crippen LogP contribution in [0.1, 0.15) is 24.5 Å². The molecular weight excluding hydrogens is 248 g/mol. The number of carbonyl (C=O) groups excluding carboxylic acids is 1. The number of hydrogen-bond acceptors (Lipinski definition) is 5. The normalized spacial score (nSPS) is 10.6. The summed E-state index contributed by atoms with van der Waals surface area (Å²) in [5.74, 6) is -0.333. The fourth-order valence-electron chi connectivity index (χ4n) is 1.57. The fourth-order valence-corrected chi connectivity index (χ4v) is 1.57. The van der Waals surface area contributed by atoms with Crippen LogP contribution in [0, 0.1) is 17.0 Å². The summed E-state index contributed by atoms with van der Waals surface area (Å²) >= 11 is 0. The molecule has 6 heteroatoms. The number of benzene rings is 1. The van der Waals surface area contributed by atoms with Crippen LogP contribution in [0.4, 0.5) is 11.4 Å². The van der Waals surface area contributed by atoms with E-state index in [1.54, 1.807) is 32.1 Å². The summed E-state index contributed by atoms with van der Waals surface area (Å²) in [7, 11) is 0.